The first-order valence-corrected chi connectivity index (χ1v) is 6.63. The highest BCUT2D eigenvalue weighted by Crippen LogP contribution is 2.12. The number of aromatic nitrogens is 4. The summed E-state index contributed by atoms with van der Waals surface area (Å²) in [5.74, 6) is -0.158. The van der Waals surface area contributed by atoms with Crippen LogP contribution in [-0.4, -0.2) is 59.5 Å². The first-order valence-electron chi connectivity index (χ1n) is 6.63. The molecule has 0 saturated heterocycles. The Labute approximate surface area is 122 Å². The number of tetrazole rings is 1. The van der Waals surface area contributed by atoms with Crippen molar-refractivity contribution in [3.63, 3.8) is 0 Å². The number of hydrogen-bond acceptors (Lipinski definition) is 6. The minimum absolute atomic E-state index is 0.158. The highest BCUT2D eigenvalue weighted by molar-refractivity contribution is 5.97. The smallest absolute Gasteiger partial charge is 0.253 e. The maximum atomic E-state index is 12.2. The molecule has 2 aromatic rings. The van der Waals surface area contributed by atoms with Crippen LogP contribution < -0.4 is 10.6 Å². The van der Waals surface area contributed by atoms with Gasteiger partial charge in [-0.2, -0.15) is 4.68 Å². The average molecular weight is 290 g/mol. The lowest BCUT2D eigenvalue weighted by Gasteiger charge is -2.09. The Bertz CT molecular complexity index is 558. The molecule has 0 unspecified atom stereocenters. The van der Waals surface area contributed by atoms with Crippen LogP contribution in [0.5, 0.6) is 0 Å². The molecule has 2 N–H and O–H groups in total. The Hall–Kier alpha value is -2.32. The Balaban J connectivity index is 1.91. The van der Waals surface area contributed by atoms with Crippen molar-refractivity contribution in [2.75, 3.05) is 33.4 Å². The van der Waals surface area contributed by atoms with Gasteiger partial charge in [-0.3, -0.25) is 4.79 Å². The van der Waals surface area contributed by atoms with Gasteiger partial charge in [0.1, 0.15) is 6.33 Å². The summed E-state index contributed by atoms with van der Waals surface area (Å²) < 4.78 is 6.39. The number of benzene rings is 1. The predicted molar refractivity (Wildman–Crippen MR) is 76.2 cm³/mol. The Kier molecular flexibility index (Phi) is 5.80. The van der Waals surface area contributed by atoms with Gasteiger partial charge in [0.15, 0.2) is 0 Å². The van der Waals surface area contributed by atoms with Gasteiger partial charge >= 0.3 is 0 Å². The number of nitrogens with one attached hydrogen (secondary N) is 2. The molecule has 2 rings (SSSR count). The summed E-state index contributed by atoms with van der Waals surface area (Å²) in [5.41, 5.74) is 1.18. The molecule has 21 heavy (non-hydrogen) atoms. The number of para-hydroxylation sites is 1. The van der Waals surface area contributed by atoms with E-state index < -0.39 is 0 Å². The van der Waals surface area contributed by atoms with Crippen molar-refractivity contribution < 1.29 is 9.53 Å². The molecule has 0 spiro atoms. The molecule has 0 bridgehead atoms. The standard InChI is InChI=1S/C13H18N6O2/c1-21-9-8-14-6-7-15-13(20)11-4-2-3-5-12(11)19-10-16-17-18-19/h2-5,10,14H,6-9H2,1H3,(H,15,20). The summed E-state index contributed by atoms with van der Waals surface area (Å²) in [6, 6.07) is 7.17. The zero-order valence-corrected chi connectivity index (χ0v) is 11.8. The van der Waals surface area contributed by atoms with Crippen molar-refractivity contribution in [2.24, 2.45) is 0 Å². The van der Waals surface area contributed by atoms with Gasteiger partial charge in [-0.05, 0) is 22.6 Å². The van der Waals surface area contributed by atoms with Crippen molar-refractivity contribution >= 4 is 5.91 Å². The summed E-state index contributed by atoms with van der Waals surface area (Å²) in [5, 5.41) is 17.0. The molecule has 112 valence electrons. The fourth-order valence-electron chi connectivity index (χ4n) is 1.80. The highest BCUT2D eigenvalue weighted by atomic mass is 16.5. The third-order valence-electron chi connectivity index (χ3n) is 2.81. The van der Waals surface area contributed by atoms with Crippen LogP contribution in [0.4, 0.5) is 0 Å². The van der Waals surface area contributed by atoms with Crippen LogP contribution in [0.1, 0.15) is 10.4 Å². The van der Waals surface area contributed by atoms with E-state index in [1.807, 2.05) is 6.07 Å². The van der Waals surface area contributed by atoms with E-state index in [-0.39, 0.29) is 5.91 Å². The van der Waals surface area contributed by atoms with E-state index in [2.05, 4.69) is 26.2 Å². The number of carbonyl (C=O) groups is 1. The van der Waals surface area contributed by atoms with Crippen molar-refractivity contribution in [2.45, 2.75) is 0 Å². The third kappa shape index (κ3) is 4.33. The molecule has 0 aliphatic rings. The Morgan fingerprint density at radius 2 is 2.14 bits per heavy atom. The monoisotopic (exact) mass is 290 g/mol. The van der Waals surface area contributed by atoms with Gasteiger partial charge in [0.2, 0.25) is 0 Å². The first-order chi connectivity index (χ1) is 10.3. The number of methoxy groups -OCH3 is 1. The zero-order valence-electron chi connectivity index (χ0n) is 11.8. The van der Waals surface area contributed by atoms with E-state index in [0.29, 0.717) is 30.9 Å². The average Bonchev–Trinajstić information content (AvgIpc) is 3.05. The molecular weight excluding hydrogens is 272 g/mol. The summed E-state index contributed by atoms with van der Waals surface area (Å²) in [6.07, 6.45) is 1.46. The van der Waals surface area contributed by atoms with Gasteiger partial charge in [-0.15, -0.1) is 5.10 Å². The van der Waals surface area contributed by atoms with Crippen LogP contribution >= 0.6 is 0 Å². The number of carbonyl (C=O) groups excluding carboxylic acids is 1. The number of ether oxygens (including phenoxy) is 1. The molecular formula is C13H18N6O2. The lowest BCUT2D eigenvalue weighted by molar-refractivity contribution is 0.0953. The van der Waals surface area contributed by atoms with Gasteiger partial charge in [0, 0.05) is 26.7 Å². The highest BCUT2D eigenvalue weighted by Gasteiger charge is 2.12. The van der Waals surface area contributed by atoms with E-state index >= 15 is 0 Å². The molecule has 0 aliphatic heterocycles. The molecule has 0 atom stereocenters. The summed E-state index contributed by atoms with van der Waals surface area (Å²) in [6.45, 7) is 2.62. The van der Waals surface area contributed by atoms with Crippen molar-refractivity contribution in [3.05, 3.63) is 36.2 Å². The Morgan fingerprint density at radius 3 is 2.90 bits per heavy atom. The normalized spacial score (nSPS) is 10.5. The maximum Gasteiger partial charge on any atom is 0.253 e. The van der Waals surface area contributed by atoms with Crippen molar-refractivity contribution in [3.8, 4) is 5.69 Å². The molecule has 8 nitrogen and oxygen atoms in total. The second-order valence-electron chi connectivity index (χ2n) is 4.27. The van der Waals surface area contributed by atoms with Crippen LogP contribution in [0.15, 0.2) is 30.6 Å². The van der Waals surface area contributed by atoms with E-state index in [1.165, 1.54) is 11.0 Å². The lowest BCUT2D eigenvalue weighted by Crippen LogP contribution is -2.33. The van der Waals surface area contributed by atoms with Crippen LogP contribution in [0.25, 0.3) is 5.69 Å². The van der Waals surface area contributed by atoms with Crippen LogP contribution in [-0.2, 0) is 4.74 Å². The van der Waals surface area contributed by atoms with Crippen LogP contribution in [0, 0.1) is 0 Å². The van der Waals surface area contributed by atoms with Gasteiger partial charge in [0.05, 0.1) is 17.9 Å². The van der Waals surface area contributed by atoms with E-state index in [0.717, 1.165) is 6.54 Å². The van der Waals surface area contributed by atoms with E-state index in [1.54, 1.807) is 25.3 Å². The number of rotatable bonds is 8. The summed E-state index contributed by atoms with van der Waals surface area (Å²) >= 11 is 0. The van der Waals surface area contributed by atoms with Gasteiger partial charge in [0.25, 0.3) is 5.91 Å². The van der Waals surface area contributed by atoms with E-state index in [9.17, 15) is 4.79 Å². The topological polar surface area (TPSA) is 94.0 Å². The quantitative estimate of drug-likeness (QED) is 0.644. The largest absolute Gasteiger partial charge is 0.383 e. The fourth-order valence-corrected chi connectivity index (χ4v) is 1.80. The maximum absolute atomic E-state index is 12.2. The first kappa shape index (κ1) is 15.1. The molecule has 0 radical (unpaired) electrons. The van der Waals surface area contributed by atoms with Crippen LogP contribution in [0.2, 0.25) is 0 Å². The zero-order chi connectivity index (χ0) is 14.9. The van der Waals surface area contributed by atoms with Gasteiger partial charge in [-0.25, -0.2) is 0 Å². The molecule has 1 aromatic carbocycles. The number of nitrogens with zero attached hydrogens (tertiary/aromatic N) is 4. The summed E-state index contributed by atoms with van der Waals surface area (Å²) in [7, 11) is 1.65. The molecule has 0 saturated carbocycles. The fraction of sp³-hybridized carbons (Fsp3) is 0.385. The summed E-state index contributed by atoms with van der Waals surface area (Å²) in [4.78, 5) is 12.2. The third-order valence-corrected chi connectivity index (χ3v) is 2.81. The molecule has 8 heteroatoms. The minimum Gasteiger partial charge on any atom is -0.383 e. The minimum atomic E-state index is -0.158. The molecule has 1 amide bonds. The van der Waals surface area contributed by atoms with Crippen molar-refractivity contribution in [1.29, 1.82) is 0 Å². The van der Waals surface area contributed by atoms with E-state index in [4.69, 9.17) is 4.74 Å². The predicted octanol–water partition coefficient (Wildman–Crippen LogP) is -0.372. The van der Waals surface area contributed by atoms with Crippen LogP contribution in [0.3, 0.4) is 0 Å². The number of hydrogen-bond donors (Lipinski definition) is 2. The lowest BCUT2D eigenvalue weighted by atomic mass is 10.1. The molecule has 1 heterocycles. The van der Waals surface area contributed by atoms with Gasteiger partial charge < -0.3 is 15.4 Å². The van der Waals surface area contributed by atoms with Gasteiger partial charge in [-0.1, -0.05) is 12.1 Å². The second kappa shape index (κ2) is 8.08. The van der Waals surface area contributed by atoms with Crippen molar-refractivity contribution in [1.82, 2.24) is 30.8 Å². The number of amides is 1. The second-order valence-corrected chi connectivity index (χ2v) is 4.27. The Morgan fingerprint density at radius 1 is 1.29 bits per heavy atom. The molecule has 0 fully saturated rings. The SMILES string of the molecule is COCCNCCNC(=O)c1ccccc1-n1cnnn1. The molecule has 1 aromatic heterocycles. The molecule has 0 aliphatic carbocycles.